The second-order valence-electron chi connectivity index (χ2n) is 9.25. The number of rotatable bonds is 4. The zero-order valence-electron chi connectivity index (χ0n) is 16.1. The van der Waals surface area contributed by atoms with Gasteiger partial charge in [0.05, 0.1) is 0 Å². The van der Waals surface area contributed by atoms with E-state index in [2.05, 4.69) is 39.0 Å². The minimum atomic E-state index is 0.445. The third-order valence-corrected chi connectivity index (χ3v) is 8.56. The van der Waals surface area contributed by atoms with E-state index in [0.717, 1.165) is 29.6 Å². The van der Waals surface area contributed by atoms with E-state index in [9.17, 15) is 0 Å². The maximum absolute atomic E-state index is 6.06. The molecule has 0 amide bonds. The Labute approximate surface area is 154 Å². The summed E-state index contributed by atoms with van der Waals surface area (Å²) in [4.78, 5) is 0. The van der Waals surface area contributed by atoms with Crippen LogP contribution in [0, 0.1) is 59.2 Å². The summed E-state index contributed by atoms with van der Waals surface area (Å²) in [5, 5.41) is 0. The maximum Gasteiger partial charge on any atom is 0.0290 e. The molecule has 0 saturated heterocycles. The molecule has 0 nitrogen and oxygen atoms in total. The Morgan fingerprint density at radius 1 is 1.24 bits per heavy atom. The summed E-state index contributed by atoms with van der Waals surface area (Å²) in [6, 6.07) is 0. The van der Waals surface area contributed by atoms with Crippen LogP contribution in [0.15, 0.2) is 36.5 Å². The molecular weight excluding hydrogens is 300 g/mol. The molecule has 0 aromatic heterocycles. The molecule has 25 heavy (non-hydrogen) atoms. The summed E-state index contributed by atoms with van der Waals surface area (Å²) in [5.74, 6) is 8.83. The lowest BCUT2D eigenvalue weighted by atomic mass is 9.48. The maximum atomic E-state index is 6.06. The van der Waals surface area contributed by atoms with E-state index < -0.39 is 0 Å². The molecule has 4 fully saturated rings. The first-order valence-electron chi connectivity index (χ1n) is 10.6. The van der Waals surface area contributed by atoms with Crippen molar-refractivity contribution in [2.75, 3.05) is 0 Å². The standard InChI is InChI=1S/C25H34/c1-6-10-17-16(5)14-21-19(18(17)11-7-2)12-13-25(9-4)23(8-3)20-15-22(20)24(21)25/h3,6,10,18-24H,1,5,7,9,11-15H2,2,4H3/b17-10-. The van der Waals surface area contributed by atoms with Gasteiger partial charge in [-0.15, -0.1) is 12.3 Å². The Morgan fingerprint density at radius 2 is 2.04 bits per heavy atom. The van der Waals surface area contributed by atoms with Crippen LogP contribution >= 0.6 is 0 Å². The van der Waals surface area contributed by atoms with Crippen LogP contribution in [0.3, 0.4) is 0 Å². The van der Waals surface area contributed by atoms with Gasteiger partial charge in [0.25, 0.3) is 0 Å². The Bertz CT molecular complexity index is 643. The molecule has 0 N–H and O–H groups in total. The summed E-state index contributed by atoms with van der Waals surface area (Å²) >= 11 is 0. The molecule has 8 unspecified atom stereocenters. The molecule has 0 spiro atoms. The molecule has 0 heteroatoms. The van der Waals surface area contributed by atoms with Crippen LogP contribution < -0.4 is 0 Å². The molecule has 4 aliphatic carbocycles. The van der Waals surface area contributed by atoms with Crippen molar-refractivity contribution in [3.63, 3.8) is 0 Å². The second kappa shape index (κ2) is 6.19. The SMILES string of the molecule is C#CC1C2CC2C2C3CC(=C)/C(=C/C=C)C(CCC)C3CCC12CC. The van der Waals surface area contributed by atoms with Gasteiger partial charge in [-0.25, -0.2) is 0 Å². The number of hydrogen-bond acceptors (Lipinski definition) is 0. The molecule has 134 valence electrons. The first-order chi connectivity index (χ1) is 12.1. The van der Waals surface area contributed by atoms with E-state index in [1.54, 1.807) is 0 Å². The van der Waals surface area contributed by atoms with E-state index in [0.29, 0.717) is 17.3 Å². The fourth-order valence-corrected chi connectivity index (χ4v) is 7.72. The number of allylic oxidation sites excluding steroid dienone is 4. The van der Waals surface area contributed by atoms with E-state index in [1.807, 2.05) is 6.08 Å². The fraction of sp³-hybridized carbons (Fsp3) is 0.680. The quantitative estimate of drug-likeness (QED) is 0.521. The van der Waals surface area contributed by atoms with Crippen molar-refractivity contribution < 1.29 is 0 Å². The first-order valence-corrected chi connectivity index (χ1v) is 10.6. The van der Waals surface area contributed by atoms with Crippen molar-refractivity contribution >= 4 is 0 Å². The van der Waals surface area contributed by atoms with Crippen molar-refractivity contribution in [2.45, 2.75) is 58.8 Å². The first kappa shape index (κ1) is 17.2. The Morgan fingerprint density at radius 3 is 2.68 bits per heavy atom. The van der Waals surface area contributed by atoms with Gasteiger partial charge in [-0.2, -0.15) is 0 Å². The van der Waals surface area contributed by atoms with Crippen LogP contribution in [0.2, 0.25) is 0 Å². The topological polar surface area (TPSA) is 0 Å². The normalized spacial score (nSPS) is 49.1. The Balaban J connectivity index is 1.72. The van der Waals surface area contributed by atoms with Gasteiger partial charge in [0.2, 0.25) is 0 Å². The summed E-state index contributed by atoms with van der Waals surface area (Å²) in [7, 11) is 0. The van der Waals surface area contributed by atoms with Crippen molar-refractivity contribution in [1.29, 1.82) is 0 Å². The van der Waals surface area contributed by atoms with Gasteiger partial charge in [0, 0.05) is 5.92 Å². The van der Waals surface area contributed by atoms with E-state index >= 15 is 0 Å². The fourth-order valence-electron chi connectivity index (χ4n) is 7.72. The van der Waals surface area contributed by atoms with Crippen LogP contribution in [0.5, 0.6) is 0 Å². The molecule has 0 radical (unpaired) electrons. The lowest BCUT2D eigenvalue weighted by Crippen LogP contribution is -2.48. The highest BCUT2D eigenvalue weighted by Crippen LogP contribution is 2.75. The number of hydrogen-bond donors (Lipinski definition) is 0. The highest BCUT2D eigenvalue weighted by Gasteiger charge is 2.69. The minimum Gasteiger partial charge on any atom is -0.120 e. The van der Waals surface area contributed by atoms with Crippen LogP contribution in [-0.2, 0) is 0 Å². The van der Waals surface area contributed by atoms with Crippen molar-refractivity contribution in [3.8, 4) is 12.3 Å². The summed E-state index contributed by atoms with van der Waals surface area (Å²) < 4.78 is 0. The van der Waals surface area contributed by atoms with Gasteiger partial charge in [0.15, 0.2) is 0 Å². The third kappa shape index (κ3) is 2.27. The number of terminal acetylenes is 1. The third-order valence-electron chi connectivity index (χ3n) is 8.56. The zero-order chi connectivity index (χ0) is 17.8. The largest absolute Gasteiger partial charge is 0.120 e. The van der Waals surface area contributed by atoms with E-state index in [-0.39, 0.29) is 0 Å². The second-order valence-corrected chi connectivity index (χ2v) is 9.25. The highest BCUT2D eigenvalue weighted by atomic mass is 14.7. The van der Waals surface area contributed by atoms with Gasteiger partial charge >= 0.3 is 0 Å². The molecule has 0 aliphatic heterocycles. The Hall–Kier alpha value is -1.22. The Kier molecular flexibility index (Phi) is 4.26. The molecule has 0 aromatic rings. The molecular formula is C25H34. The van der Waals surface area contributed by atoms with Gasteiger partial charge < -0.3 is 0 Å². The van der Waals surface area contributed by atoms with E-state index in [4.69, 9.17) is 6.42 Å². The van der Waals surface area contributed by atoms with Gasteiger partial charge in [-0.05, 0) is 85.0 Å². The summed E-state index contributed by atoms with van der Waals surface area (Å²) in [6.45, 7) is 13.2. The van der Waals surface area contributed by atoms with Crippen LogP contribution in [0.1, 0.15) is 58.8 Å². The highest BCUT2D eigenvalue weighted by molar-refractivity contribution is 5.38. The van der Waals surface area contributed by atoms with Gasteiger partial charge in [-0.3, -0.25) is 0 Å². The lowest BCUT2D eigenvalue weighted by Gasteiger charge is -2.55. The van der Waals surface area contributed by atoms with Gasteiger partial charge in [-0.1, -0.05) is 51.2 Å². The molecule has 4 rings (SSSR count). The average Bonchev–Trinajstić information content (AvgIpc) is 3.32. The minimum absolute atomic E-state index is 0.445. The predicted octanol–water partition coefficient (Wildman–Crippen LogP) is 6.41. The van der Waals surface area contributed by atoms with Crippen molar-refractivity contribution in [2.24, 2.45) is 46.8 Å². The smallest absolute Gasteiger partial charge is 0.0290 e. The molecule has 0 heterocycles. The van der Waals surface area contributed by atoms with Crippen LogP contribution in [-0.4, -0.2) is 0 Å². The summed E-state index contributed by atoms with van der Waals surface area (Å²) in [6.07, 6.45) is 19.5. The van der Waals surface area contributed by atoms with Crippen molar-refractivity contribution in [3.05, 3.63) is 36.5 Å². The van der Waals surface area contributed by atoms with Gasteiger partial charge in [0.1, 0.15) is 0 Å². The average molecular weight is 335 g/mol. The molecule has 0 aromatic carbocycles. The lowest BCUT2D eigenvalue weighted by molar-refractivity contribution is -0.0347. The van der Waals surface area contributed by atoms with E-state index in [1.165, 1.54) is 56.1 Å². The summed E-state index contributed by atoms with van der Waals surface area (Å²) in [5.41, 5.74) is 3.36. The predicted molar refractivity (Wildman–Crippen MR) is 107 cm³/mol. The number of fused-ring (bicyclic) bond motifs is 5. The molecule has 4 saturated carbocycles. The molecule has 8 atom stereocenters. The molecule has 0 bridgehead atoms. The zero-order valence-corrected chi connectivity index (χ0v) is 16.1. The van der Waals surface area contributed by atoms with Crippen LogP contribution in [0.4, 0.5) is 0 Å². The monoisotopic (exact) mass is 334 g/mol. The van der Waals surface area contributed by atoms with Crippen LogP contribution in [0.25, 0.3) is 0 Å². The molecule has 4 aliphatic rings. The van der Waals surface area contributed by atoms with Crippen molar-refractivity contribution in [1.82, 2.24) is 0 Å².